The minimum Gasteiger partial charge on any atom is -0.340 e. The van der Waals surface area contributed by atoms with Crippen LogP contribution < -0.4 is 16.0 Å². The molecule has 29 heavy (non-hydrogen) atoms. The van der Waals surface area contributed by atoms with Gasteiger partial charge >= 0.3 is 0 Å². The van der Waals surface area contributed by atoms with Gasteiger partial charge in [0.2, 0.25) is 5.91 Å². The second-order valence-electron chi connectivity index (χ2n) is 7.04. The van der Waals surface area contributed by atoms with Gasteiger partial charge < -0.3 is 16.0 Å². The number of aryl methyl sites for hydroxylation is 3. The molecule has 6 nitrogen and oxygen atoms in total. The van der Waals surface area contributed by atoms with E-state index in [-0.39, 0.29) is 11.8 Å². The lowest BCUT2D eigenvalue weighted by atomic mass is 10.0. The summed E-state index contributed by atoms with van der Waals surface area (Å²) in [5, 5.41) is 8.91. The van der Waals surface area contributed by atoms with Crippen LogP contribution in [-0.2, 0) is 4.79 Å². The van der Waals surface area contributed by atoms with Crippen molar-refractivity contribution in [3.8, 4) is 0 Å². The summed E-state index contributed by atoms with van der Waals surface area (Å²) in [4.78, 5) is 28.3. The molecule has 2 amide bonds. The van der Waals surface area contributed by atoms with E-state index in [0.717, 1.165) is 28.1 Å². The van der Waals surface area contributed by atoms with Crippen molar-refractivity contribution >= 4 is 34.7 Å². The Bertz CT molecular complexity index is 1050. The van der Waals surface area contributed by atoms with Crippen LogP contribution in [0.1, 0.15) is 34.0 Å². The van der Waals surface area contributed by atoms with Crippen LogP contribution in [0, 0.1) is 20.8 Å². The van der Waals surface area contributed by atoms with Gasteiger partial charge in [-0.25, -0.2) is 4.98 Å². The van der Waals surface area contributed by atoms with E-state index in [1.807, 2.05) is 45.0 Å². The van der Waals surface area contributed by atoms with E-state index in [9.17, 15) is 9.59 Å². The monoisotopic (exact) mass is 388 g/mol. The number of nitrogens with zero attached hydrogens (tertiary/aromatic N) is 1. The number of carbonyl (C=O) groups excluding carboxylic acids is 2. The third kappa shape index (κ3) is 5.19. The molecule has 0 atom stereocenters. The first-order valence-electron chi connectivity index (χ1n) is 9.32. The summed E-state index contributed by atoms with van der Waals surface area (Å²) < 4.78 is 0. The number of benzene rings is 2. The maximum Gasteiger partial charge on any atom is 0.255 e. The van der Waals surface area contributed by atoms with E-state index < -0.39 is 0 Å². The molecule has 6 heteroatoms. The van der Waals surface area contributed by atoms with Gasteiger partial charge in [-0.1, -0.05) is 23.8 Å². The number of pyridine rings is 1. The fraction of sp³-hybridized carbons (Fsp3) is 0.174. The Balaban J connectivity index is 1.78. The summed E-state index contributed by atoms with van der Waals surface area (Å²) in [6, 6.07) is 14.7. The lowest BCUT2D eigenvalue weighted by Gasteiger charge is -2.13. The van der Waals surface area contributed by atoms with Crippen molar-refractivity contribution in [1.82, 2.24) is 4.98 Å². The van der Waals surface area contributed by atoms with Crippen molar-refractivity contribution in [2.24, 2.45) is 0 Å². The standard InChI is InChI=1S/C23H24N4O2/c1-14-10-15(2)22(16(3)11-14)27-23(29)18-8-9-24-21(12-18)26-20-7-5-6-19(13-20)25-17(4)28/h5-13H,1-4H3,(H,24,26)(H,25,28)(H,27,29). The zero-order valence-corrected chi connectivity index (χ0v) is 17.0. The highest BCUT2D eigenvalue weighted by Crippen LogP contribution is 2.24. The molecule has 0 saturated carbocycles. The molecule has 0 fully saturated rings. The Labute approximate surface area is 170 Å². The van der Waals surface area contributed by atoms with Gasteiger partial charge in [0.1, 0.15) is 5.82 Å². The molecule has 0 unspecified atom stereocenters. The van der Waals surface area contributed by atoms with Crippen molar-refractivity contribution in [3.63, 3.8) is 0 Å². The second-order valence-corrected chi connectivity index (χ2v) is 7.04. The summed E-state index contributed by atoms with van der Waals surface area (Å²) in [6.07, 6.45) is 1.59. The number of aromatic nitrogens is 1. The largest absolute Gasteiger partial charge is 0.340 e. The normalized spacial score (nSPS) is 10.3. The second kappa shape index (κ2) is 8.56. The predicted molar refractivity (Wildman–Crippen MR) is 117 cm³/mol. The molecule has 0 saturated heterocycles. The highest BCUT2D eigenvalue weighted by Gasteiger charge is 2.11. The molecule has 1 aromatic heterocycles. The van der Waals surface area contributed by atoms with Crippen LogP contribution in [0.2, 0.25) is 0 Å². The number of nitrogens with one attached hydrogen (secondary N) is 3. The van der Waals surface area contributed by atoms with Gasteiger partial charge in [-0.3, -0.25) is 9.59 Å². The summed E-state index contributed by atoms with van der Waals surface area (Å²) >= 11 is 0. The van der Waals surface area contributed by atoms with Crippen molar-refractivity contribution < 1.29 is 9.59 Å². The molecule has 0 aliphatic carbocycles. The van der Waals surface area contributed by atoms with Gasteiger partial charge in [0.25, 0.3) is 5.91 Å². The molecule has 2 aromatic carbocycles. The first-order chi connectivity index (χ1) is 13.8. The van der Waals surface area contributed by atoms with E-state index in [4.69, 9.17) is 0 Å². The van der Waals surface area contributed by atoms with Crippen LogP contribution in [0.5, 0.6) is 0 Å². The highest BCUT2D eigenvalue weighted by molar-refractivity contribution is 6.05. The number of carbonyl (C=O) groups is 2. The molecule has 0 aliphatic rings. The first kappa shape index (κ1) is 20.1. The summed E-state index contributed by atoms with van der Waals surface area (Å²) in [5.41, 5.74) is 5.98. The zero-order valence-electron chi connectivity index (χ0n) is 17.0. The van der Waals surface area contributed by atoms with Crippen LogP contribution in [0.25, 0.3) is 0 Å². The van der Waals surface area contributed by atoms with E-state index in [1.54, 1.807) is 30.5 Å². The Hall–Kier alpha value is -3.67. The third-order valence-corrected chi connectivity index (χ3v) is 4.39. The topological polar surface area (TPSA) is 83.1 Å². The fourth-order valence-electron chi connectivity index (χ4n) is 3.23. The van der Waals surface area contributed by atoms with E-state index in [0.29, 0.717) is 17.1 Å². The van der Waals surface area contributed by atoms with Gasteiger partial charge in [-0.05, 0) is 62.2 Å². The number of hydrogen-bond donors (Lipinski definition) is 3. The van der Waals surface area contributed by atoms with Gasteiger partial charge in [0.05, 0.1) is 0 Å². The van der Waals surface area contributed by atoms with Gasteiger partial charge in [-0.15, -0.1) is 0 Å². The smallest absolute Gasteiger partial charge is 0.255 e. The number of anilines is 4. The van der Waals surface area contributed by atoms with Crippen LogP contribution in [0.3, 0.4) is 0 Å². The lowest BCUT2D eigenvalue weighted by molar-refractivity contribution is -0.114. The molecule has 0 spiro atoms. The van der Waals surface area contributed by atoms with E-state index >= 15 is 0 Å². The number of rotatable bonds is 5. The third-order valence-electron chi connectivity index (χ3n) is 4.39. The molecule has 0 aliphatic heterocycles. The average molecular weight is 388 g/mol. The molecule has 3 N–H and O–H groups in total. The van der Waals surface area contributed by atoms with Crippen LogP contribution in [-0.4, -0.2) is 16.8 Å². The molecular formula is C23H24N4O2. The minimum atomic E-state index is -0.197. The van der Waals surface area contributed by atoms with Crippen molar-refractivity contribution in [2.45, 2.75) is 27.7 Å². The van der Waals surface area contributed by atoms with Gasteiger partial charge in [0, 0.05) is 35.7 Å². The van der Waals surface area contributed by atoms with Crippen LogP contribution >= 0.6 is 0 Å². The maximum atomic E-state index is 12.8. The number of hydrogen-bond acceptors (Lipinski definition) is 4. The molecule has 148 valence electrons. The summed E-state index contributed by atoms with van der Waals surface area (Å²) in [5.74, 6) is 0.202. The van der Waals surface area contributed by atoms with Crippen LogP contribution in [0.15, 0.2) is 54.7 Å². The molecule has 3 rings (SSSR count). The molecule has 0 bridgehead atoms. The Kier molecular flexibility index (Phi) is 5.93. The molecular weight excluding hydrogens is 364 g/mol. The fourth-order valence-corrected chi connectivity index (χ4v) is 3.23. The van der Waals surface area contributed by atoms with Crippen molar-refractivity contribution in [1.29, 1.82) is 0 Å². The van der Waals surface area contributed by atoms with E-state index in [1.165, 1.54) is 6.92 Å². The first-order valence-corrected chi connectivity index (χ1v) is 9.32. The summed E-state index contributed by atoms with van der Waals surface area (Å²) in [6.45, 7) is 7.46. The minimum absolute atomic E-state index is 0.138. The quantitative estimate of drug-likeness (QED) is 0.577. The Morgan fingerprint density at radius 3 is 2.24 bits per heavy atom. The SMILES string of the molecule is CC(=O)Nc1cccc(Nc2cc(C(=O)Nc3c(C)cc(C)cc3C)ccn2)c1. The van der Waals surface area contributed by atoms with Gasteiger partial charge in [0.15, 0.2) is 0 Å². The van der Waals surface area contributed by atoms with Gasteiger partial charge in [-0.2, -0.15) is 0 Å². The van der Waals surface area contributed by atoms with Crippen LogP contribution in [0.4, 0.5) is 22.9 Å². The Morgan fingerprint density at radius 2 is 1.55 bits per heavy atom. The summed E-state index contributed by atoms with van der Waals surface area (Å²) in [7, 11) is 0. The maximum absolute atomic E-state index is 12.8. The molecule has 1 heterocycles. The number of amides is 2. The van der Waals surface area contributed by atoms with Crippen molar-refractivity contribution in [3.05, 3.63) is 77.0 Å². The Morgan fingerprint density at radius 1 is 0.862 bits per heavy atom. The molecule has 0 radical (unpaired) electrons. The van der Waals surface area contributed by atoms with E-state index in [2.05, 4.69) is 20.9 Å². The van der Waals surface area contributed by atoms with Crippen molar-refractivity contribution in [2.75, 3.05) is 16.0 Å². The highest BCUT2D eigenvalue weighted by atomic mass is 16.2. The zero-order chi connectivity index (χ0) is 21.0. The predicted octanol–water partition coefficient (Wildman–Crippen LogP) is 4.96. The lowest BCUT2D eigenvalue weighted by Crippen LogP contribution is -2.14. The average Bonchev–Trinajstić information content (AvgIpc) is 2.64. The molecule has 3 aromatic rings.